The van der Waals surface area contributed by atoms with Crippen molar-refractivity contribution < 1.29 is 0 Å². The molecule has 1 N–H and O–H groups in total. The molecule has 0 aliphatic heterocycles. The average Bonchev–Trinajstić information content (AvgIpc) is 2.63. The lowest BCUT2D eigenvalue weighted by molar-refractivity contribution is 0.413. The van der Waals surface area contributed by atoms with E-state index in [1.807, 2.05) is 60.7 Å². The van der Waals surface area contributed by atoms with Crippen LogP contribution in [0.1, 0.15) is 11.1 Å². The molecule has 0 saturated carbocycles. The van der Waals surface area contributed by atoms with Gasteiger partial charge in [0.1, 0.15) is 0 Å². The first kappa shape index (κ1) is 17.5. The molecule has 0 heterocycles. The Morgan fingerprint density at radius 2 is 1.36 bits per heavy atom. The SMILES string of the molecule is S=C(Nc1cccc(Cl)c1)N(Cc1ccccc1)Cc1ccccc1. The molecule has 0 fully saturated rings. The van der Waals surface area contributed by atoms with Gasteiger partial charge in [-0.05, 0) is 41.5 Å². The summed E-state index contributed by atoms with van der Waals surface area (Å²) in [5.74, 6) is 0. The monoisotopic (exact) mass is 366 g/mol. The minimum atomic E-state index is 0.676. The van der Waals surface area contributed by atoms with Crippen molar-refractivity contribution in [3.63, 3.8) is 0 Å². The van der Waals surface area contributed by atoms with Gasteiger partial charge in [-0.3, -0.25) is 0 Å². The molecule has 0 bridgehead atoms. The summed E-state index contributed by atoms with van der Waals surface area (Å²) in [4.78, 5) is 2.15. The Morgan fingerprint density at radius 3 is 1.88 bits per heavy atom. The molecule has 0 amide bonds. The number of thiocarbonyl (C=S) groups is 1. The smallest absolute Gasteiger partial charge is 0.174 e. The lowest BCUT2D eigenvalue weighted by atomic mass is 10.2. The number of benzene rings is 3. The first-order chi connectivity index (χ1) is 12.2. The minimum absolute atomic E-state index is 0.676. The summed E-state index contributed by atoms with van der Waals surface area (Å²) in [6.07, 6.45) is 0. The highest BCUT2D eigenvalue weighted by Gasteiger charge is 2.12. The molecule has 3 aromatic rings. The lowest BCUT2D eigenvalue weighted by Crippen LogP contribution is -2.33. The molecule has 0 unspecified atom stereocenters. The summed E-state index contributed by atoms with van der Waals surface area (Å²) in [7, 11) is 0. The second-order valence-electron chi connectivity index (χ2n) is 5.77. The summed E-state index contributed by atoms with van der Waals surface area (Å²) in [6, 6.07) is 28.3. The second-order valence-corrected chi connectivity index (χ2v) is 6.59. The van der Waals surface area contributed by atoms with E-state index in [2.05, 4.69) is 34.5 Å². The van der Waals surface area contributed by atoms with Gasteiger partial charge in [-0.15, -0.1) is 0 Å². The zero-order valence-electron chi connectivity index (χ0n) is 13.7. The summed E-state index contributed by atoms with van der Waals surface area (Å²) in [5, 5.41) is 4.66. The predicted octanol–water partition coefficient (Wildman–Crippen LogP) is 5.74. The summed E-state index contributed by atoms with van der Waals surface area (Å²) in [6.45, 7) is 1.48. The number of halogens is 1. The fourth-order valence-electron chi connectivity index (χ4n) is 2.58. The molecule has 4 heteroatoms. The fourth-order valence-corrected chi connectivity index (χ4v) is 3.01. The number of anilines is 1. The van der Waals surface area contributed by atoms with Crippen LogP contribution >= 0.6 is 23.8 Å². The maximum absolute atomic E-state index is 6.07. The van der Waals surface area contributed by atoms with Crippen LogP contribution in [0.4, 0.5) is 5.69 Å². The Labute approximate surface area is 159 Å². The van der Waals surface area contributed by atoms with Gasteiger partial charge in [0.15, 0.2) is 5.11 Å². The molecule has 0 aliphatic rings. The predicted molar refractivity (Wildman–Crippen MR) is 110 cm³/mol. The van der Waals surface area contributed by atoms with Crippen molar-refractivity contribution in [3.8, 4) is 0 Å². The highest BCUT2D eigenvalue weighted by Crippen LogP contribution is 2.17. The topological polar surface area (TPSA) is 15.3 Å². The molecule has 2 nitrogen and oxygen atoms in total. The van der Waals surface area contributed by atoms with Crippen molar-refractivity contribution in [3.05, 3.63) is 101 Å². The Hall–Kier alpha value is -2.36. The molecule has 3 aromatic carbocycles. The van der Waals surface area contributed by atoms with E-state index in [1.165, 1.54) is 11.1 Å². The van der Waals surface area contributed by atoms with E-state index in [-0.39, 0.29) is 0 Å². The van der Waals surface area contributed by atoms with E-state index in [1.54, 1.807) is 0 Å². The maximum Gasteiger partial charge on any atom is 0.174 e. The van der Waals surface area contributed by atoms with E-state index in [9.17, 15) is 0 Å². The van der Waals surface area contributed by atoms with Crippen LogP contribution in [0.3, 0.4) is 0 Å². The molecule has 3 rings (SSSR count). The Balaban J connectivity index is 1.78. The number of nitrogens with one attached hydrogen (secondary N) is 1. The lowest BCUT2D eigenvalue weighted by Gasteiger charge is -2.26. The minimum Gasteiger partial charge on any atom is -0.340 e. The van der Waals surface area contributed by atoms with Crippen LogP contribution in [-0.2, 0) is 13.1 Å². The van der Waals surface area contributed by atoms with Gasteiger partial charge in [-0.2, -0.15) is 0 Å². The van der Waals surface area contributed by atoms with E-state index in [0.29, 0.717) is 10.1 Å². The fraction of sp³-hybridized carbons (Fsp3) is 0.0952. The molecule has 0 aliphatic carbocycles. The van der Waals surface area contributed by atoms with Crippen LogP contribution in [0.2, 0.25) is 5.02 Å². The third kappa shape index (κ3) is 5.31. The summed E-state index contributed by atoms with van der Waals surface area (Å²) in [5.41, 5.74) is 3.32. The maximum atomic E-state index is 6.07. The number of rotatable bonds is 5. The van der Waals surface area contributed by atoms with Crippen LogP contribution in [-0.4, -0.2) is 10.0 Å². The standard InChI is InChI=1S/C21H19ClN2S/c22-19-12-7-13-20(14-19)23-21(25)24(15-17-8-3-1-4-9-17)16-18-10-5-2-6-11-18/h1-14H,15-16H2,(H,23,25). The van der Waals surface area contributed by atoms with Crippen LogP contribution < -0.4 is 5.32 Å². The normalized spacial score (nSPS) is 10.3. The number of hydrogen-bond acceptors (Lipinski definition) is 1. The van der Waals surface area contributed by atoms with Crippen LogP contribution in [0.15, 0.2) is 84.9 Å². The largest absolute Gasteiger partial charge is 0.340 e. The van der Waals surface area contributed by atoms with Crippen molar-refractivity contribution in [1.29, 1.82) is 0 Å². The van der Waals surface area contributed by atoms with E-state index in [0.717, 1.165) is 18.8 Å². The molecular formula is C21H19ClN2S. The average molecular weight is 367 g/mol. The first-order valence-electron chi connectivity index (χ1n) is 8.10. The van der Waals surface area contributed by atoms with Gasteiger partial charge < -0.3 is 10.2 Å². The van der Waals surface area contributed by atoms with Gasteiger partial charge in [-0.25, -0.2) is 0 Å². The van der Waals surface area contributed by atoms with Gasteiger partial charge in [-0.1, -0.05) is 78.3 Å². The molecule has 0 aromatic heterocycles. The molecule has 126 valence electrons. The number of nitrogens with zero attached hydrogens (tertiary/aromatic N) is 1. The van der Waals surface area contributed by atoms with Crippen molar-refractivity contribution in [2.45, 2.75) is 13.1 Å². The van der Waals surface area contributed by atoms with E-state index in [4.69, 9.17) is 23.8 Å². The molecule has 25 heavy (non-hydrogen) atoms. The molecular weight excluding hydrogens is 348 g/mol. The highest BCUT2D eigenvalue weighted by atomic mass is 35.5. The van der Waals surface area contributed by atoms with Gasteiger partial charge in [0.05, 0.1) is 0 Å². The third-order valence-corrected chi connectivity index (χ3v) is 4.39. The van der Waals surface area contributed by atoms with E-state index >= 15 is 0 Å². The van der Waals surface area contributed by atoms with Crippen molar-refractivity contribution >= 4 is 34.6 Å². The second kappa shape index (κ2) is 8.65. The zero-order chi connectivity index (χ0) is 17.5. The first-order valence-corrected chi connectivity index (χ1v) is 8.89. The summed E-state index contributed by atoms with van der Waals surface area (Å²) >= 11 is 11.7. The van der Waals surface area contributed by atoms with Crippen molar-refractivity contribution in [2.75, 3.05) is 5.32 Å². The van der Waals surface area contributed by atoms with Crippen LogP contribution in [0.25, 0.3) is 0 Å². The molecule has 0 saturated heterocycles. The highest BCUT2D eigenvalue weighted by molar-refractivity contribution is 7.80. The Bertz CT molecular complexity index is 780. The molecule has 0 radical (unpaired) electrons. The summed E-state index contributed by atoms with van der Waals surface area (Å²) < 4.78 is 0. The Morgan fingerprint density at radius 1 is 0.800 bits per heavy atom. The van der Waals surface area contributed by atoms with Crippen molar-refractivity contribution in [1.82, 2.24) is 4.90 Å². The third-order valence-electron chi connectivity index (χ3n) is 3.80. The van der Waals surface area contributed by atoms with Gasteiger partial charge >= 0.3 is 0 Å². The van der Waals surface area contributed by atoms with Gasteiger partial charge in [0.2, 0.25) is 0 Å². The molecule has 0 spiro atoms. The zero-order valence-corrected chi connectivity index (χ0v) is 15.3. The van der Waals surface area contributed by atoms with Crippen LogP contribution in [0.5, 0.6) is 0 Å². The number of hydrogen-bond donors (Lipinski definition) is 1. The Kier molecular flexibility index (Phi) is 6.04. The van der Waals surface area contributed by atoms with E-state index < -0.39 is 0 Å². The quantitative estimate of drug-likeness (QED) is 0.579. The van der Waals surface area contributed by atoms with Crippen LogP contribution in [0, 0.1) is 0 Å². The van der Waals surface area contributed by atoms with Crippen molar-refractivity contribution in [2.24, 2.45) is 0 Å². The van der Waals surface area contributed by atoms with Gasteiger partial charge in [0, 0.05) is 23.8 Å². The molecule has 0 atom stereocenters. The van der Waals surface area contributed by atoms with Gasteiger partial charge in [0.25, 0.3) is 0 Å².